The average molecular weight is 225 g/mol. The number of ether oxygens (including phenoxy) is 1. The number of hydrogen-bond donors (Lipinski definition) is 1. The van der Waals surface area contributed by atoms with Crippen LogP contribution in [0, 0.1) is 0 Å². The van der Waals surface area contributed by atoms with Gasteiger partial charge in [-0.05, 0) is 29.7 Å². The molecule has 0 aromatic heterocycles. The summed E-state index contributed by atoms with van der Waals surface area (Å²) in [4.78, 5) is 0. The van der Waals surface area contributed by atoms with Crippen molar-refractivity contribution in [2.45, 2.75) is 6.42 Å². The van der Waals surface area contributed by atoms with Crippen molar-refractivity contribution in [1.82, 2.24) is 0 Å². The molecule has 0 saturated carbocycles. The van der Waals surface area contributed by atoms with Crippen LogP contribution in [0.5, 0.6) is 5.75 Å². The third-order valence-electron chi connectivity index (χ3n) is 3.25. The number of benzene rings is 2. The Morgan fingerprint density at radius 2 is 1.88 bits per heavy atom. The first kappa shape index (κ1) is 10.2. The maximum Gasteiger partial charge on any atom is 0.118 e. The number of methoxy groups -OCH3 is 1. The molecule has 86 valence electrons. The Morgan fingerprint density at radius 3 is 2.65 bits per heavy atom. The zero-order chi connectivity index (χ0) is 11.7. The van der Waals surface area contributed by atoms with Gasteiger partial charge in [0.15, 0.2) is 0 Å². The first-order valence-electron chi connectivity index (χ1n) is 5.88. The Kier molecular flexibility index (Phi) is 2.48. The highest BCUT2D eigenvalue weighted by atomic mass is 16.5. The minimum absolute atomic E-state index is 0.897. The standard InChI is InChI=1S/C15H15NO/c1-17-13-7-5-11(6-8-13)14-4-2-3-12-9-10-16-15(12)14/h2-8,16H,9-10H2,1H3. The normalized spacial score (nSPS) is 13.0. The minimum Gasteiger partial charge on any atom is -0.497 e. The molecule has 0 spiro atoms. The highest BCUT2D eigenvalue weighted by molar-refractivity contribution is 5.81. The molecule has 2 aromatic carbocycles. The van der Waals surface area contributed by atoms with Crippen LogP contribution in [-0.2, 0) is 6.42 Å². The molecule has 0 saturated heterocycles. The van der Waals surface area contributed by atoms with Crippen LogP contribution in [-0.4, -0.2) is 13.7 Å². The highest BCUT2D eigenvalue weighted by Crippen LogP contribution is 2.34. The van der Waals surface area contributed by atoms with Gasteiger partial charge in [-0.2, -0.15) is 0 Å². The van der Waals surface area contributed by atoms with E-state index in [1.54, 1.807) is 7.11 Å². The van der Waals surface area contributed by atoms with Crippen molar-refractivity contribution in [3.05, 3.63) is 48.0 Å². The van der Waals surface area contributed by atoms with Gasteiger partial charge in [0, 0.05) is 17.8 Å². The Morgan fingerprint density at radius 1 is 1.06 bits per heavy atom. The molecule has 0 fully saturated rings. The summed E-state index contributed by atoms with van der Waals surface area (Å²) in [5.41, 5.74) is 5.22. The lowest BCUT2D eigenvalue weighted by atomic mass is 10.0. The van der Waals surface area contributed by atoms with Crippen molar-refractivity contribution in [1.29, 1.82) is 0 Å². The molecule has 0 unspecified atom stereocenters. The molecule has 1 heterocycles. The van der Waals surface area contributed by atoms with E-state index in [2.05, 4.69) is 35.6 Å². The Bertz CT molecular complexity index is 531. The van der Waals surface area contributed by atoms with Gasteiger partial charge < -0.3 is 10.1 Å². The molecule has 0 radical (unpaired) electrons. The van der Waals surface area contributed by atoms with Crippen molar-refractivity contribution in [2.24, 2.45) is 0 Å². The van der Waals surface area contributed by atoms with Gasteiger partial charge in [-0.25, -0.2) is 0 Å². The van der Waals surface area contributed by atoms with E-state index in [4.69, 9.17) is 4.74 Å². The third kappa shape index (κ3) is 1.76. The average Bonchev–Trinajstić information content (AvgIpc) is 2.87. The molecule has 1 aliphatic rings. The second kappa shape index (κ2) is 4.13. The number of nitrogens with one attached hydrogen (secondary N) is 1. The van der Waals surface area contributed by atoms with Crippen LogP contribution in [0.25, 0.3) is 11.1 Å². The van der Waals surface area contributed by atoms with Gasteiger partial charge in [-0.3, -0.25) is 0 Å². The fraction of sp³-hybridized carbons (Fsp3) is 0.200. The Hall–Kier alpha value is -1.96. The molecule has 0 bridgehead atoms. The SMILES string of the molecule is COc1ccc(-c2cccc3c2NCC3)cc1. The van der Waals surface area contributed by atoms with Crippen LogP contribution in [0.4, 0.5) is 5.69 Å². The number of fused-ring (bicyclic) bond motifs is 1. The Labute approximate surface area is 101 Å². The molecule has 0 amide bonds. The molecule has 3 rings (SSSR count). The predicted octanol–water partition coefficient (Wildman–Crippen LogP) is 3.33. The van der Waals surface area contributed by atoms with Gasteiger partial charge >= 0.3 is 0 Å². The number of hydrogen-bond acceptors (Lipinski definition) is 2. The third-order valence-corrected chi connectivity index (χ3v) is 3.25. The van der Waals surface area contributed by atoms with Crippen LogP contribution in [0.1, 0.15) is 5.56 Å². The maximum atomic E-state index is 5.18. The fourth-order valence-electron chi connectivity index (χ4n) is 2.35. The van der Waals surface area contributed by atoms with E-state index in [9.17, 15) is 0 Å². The predicted molar refractivity (Wildman–Crippen MR) is 70.6 cm³/mol. The first-order chi connectivity index (χ1) is 8.38. The quantitative estimate of drug-likeness (QED) is 0.846. The van der Waals surface area contributed by atoms with Crippen molar-refractivity contribution in [3.63, 3.8) is 0 Å². The van der Waals surface area contributed by atoms with Crippen LogP contribution < -0.4 is 10.1 Å². The van der Waals surface area contributed by atoms with Crippen LogP contribution in [0.15, 0.2) is 42.5 Å². The van der Waals surface area contributed by atoms with Gasteiger partial charge in [-0.1, -0.05) is 30.3 Å². The molecule has 0 atom stereocenters. The van der Waals surface area contributed by atoms with Crippen molar-refractivity contribution < 1.29 is 4.74 Å². The summed E-state index contributed by atoms with van der Waals surface area (Å²) < 4.78 is 5.18. The van der Waals surface area contributed by atoms with Crippen molar-refractivity contribution >= 4 is 5.69 Å². The number of anilines is 1. The lowest BCUT2D eigenvalue weighted by Gasteiger charge is -2.09. The van der Waals surface area contributed by atoms with E-state index in [0.29, 0.717) is 0 Å². The summed E-state index contributed by atoms with van der Waals surface area (Å²) in [6, 6.07) is 14.7. The van der Waals surface area contributed by atoms with E-state index in [-0.39, 0.29) is 0 Å². The summed E-state index contributed by atoms with van der Waals surface area (Å²) in [5.74, 6) is 0.897. The molecular formula is C15H15NO. The van der Waals surface area contributed by atoms with E-state index in [0.717, 1.165) is 18.7 Å². The smallest absolute Gasteiger partial charge is 0.118 e. The second-order valence-electron chi connectivity index (χ2n) is 4.24. The summed E-state index contributed by atoms with van der Waals surface area (Å²) in [7, 11) is 1.69. The van der Waals surface area contributed by atoms with E-state index in [1.165, 1.54) is 22.4 Å². The van der Waals surface area contributed by atoms with Gasteiger partial charge in [-0.15, -0.1) is 0 Å². The summed E-state index contributed by atoms with van der Waals surface area (Å²) in [6.45, 7) is 1.04. The number of para-hydroxylation sites is 1. The molecular weight excluding hydrogens is 210 g/mol. The molecule has 2 heteroatoms. The lowest BCUT2D eigenvalue weighted by Crippen LogP contribution is -1.93. The summed E-state index contributed by atoms with van der Waals surface area (Å²) in [6.07, 6.45) is 1.12. The minimum atomic E-state index is 0.897. The lowest BCUT2D eigenvalue weighted by molar-refractivity contribution is 0.415. The van der Waals surface area contributed by atoms with Crippen LogP contribution in [0.2, 0.25) is 0 Å². The highest BCUT2D eigenvalue weighted by Gasteiger charge is 2.14. The maximum absolute atomic E-state index is 5.18. The second-order valence-corrected chi connectivity index (χ2v) is 4.24. The van der Waals surface area contributed by atoms with Gasteiger partial charge in [0.25, 0.3) is 0 Å². The van der Waals surface area contributed by atoms with E-state index >= 15 is 0 Å². The van der Waals surface area contributed by atoms with Crippen LogP contribution in [0.3, 0.4) is 0 Å². The van der Waals surface area contributed by atoms with Gasteiger partial charge in [0.1, 0.15) is 5.75 Å². The summed E-state index contributed by atoms with van der Waals surface area (Å²) >= 11 is 0. The van der Waals surface area contributed by atoms with E-state index < -0.39 is 0 Å². The van der Waals surface area contributed by atoms with Gasteiger partial charge in [0.2, 0.25) is 0 Å². The molecule has 0 aliphatic carbocycles. The largest absolute Gasteiger partial charge is 0.497 e. The van der Waals surface area contributed by atoms with Gasteiger partial charge in [0.05, 0.1) is 7.11 Å². The molecule has 1 aliphatic heterocycles. The molecule has 17 heavy (non-hydrogen) atoms. The van der Waals surface area contributed by atoms with Crippen molar-refractivity contribution in [2.75, 3.05) is 19.0 Å². The van der Waals surface area contributed by atoms with Crippen LogP contribution >= 0.6 is 0 Å². The first-order valence-corrected chi connectivity index (χ1v) is 5.88. The van der Waals surface area contributed by atoms with Crippen molar-refractivity contribution in [3.8, 4) is 16.9 Å². The van der Waals surface area contributed by atoms with E-state index in [1.807, 2.05) is 12.1 Å². The molecule has 1 N–H and O–H groups in total. The zero-order valence-electron chi connectivity index (χ0n) is 9.86. The Balaban J connectivity index is 2.06. The number of rotatable bonds is 2. The zero-order valence-corrected chi connectivity index (χ0v) is 9.86. The monoisotopic (exact) mass is 225 g/mol. The summed E-state index contributed by atoms with van der Waals surface area (Å²) in [5, 5.41) is 3.46. The molecule has 2 aromatic rings. The molecule has 2 nitrogen and oxygen atoms in total. The topological polar surface area (TPSA) is 21.3 Å². The fourth-order valence-corrected chi connectivity index (χ4v) is 2.35.